The lowest BCUT2D eigenvalue weighted by Gasteiger charge is -2.39. The summed E-state index contributed by atoms with van der Waals surface area (Å²) in [6, 6.07) is 11.3. The van der Waals surface area contributed by atoms with E-state index in [0.717, 1.165) is 36.3 Å². The summed E-state index contributed by atoms with van der Waals surface area (Å²) in [7, 11) is -1.76. The van der Waals surface area contributed by atoms with E-state index < -0.39 is 11.0 Å². The van der Waals surface area contributed by atoms with Gasteiger partial charge in [0.2, 0.25) is 0 Å². The van der Waals surface area contributed by atoms with Crippen LogP contribution < -0.4 is 15.8 Å². The molecule has 2 heterocycles. The lowest BCUT2D eigenvalue weighted by molar-refractivity contribution is -0.132. The molecule has 35 heavy (non-hydrogen) atoms. The molecule has 11 heteroatoms. The van der Waals surface area contributed by atoms with Crippen molar-refractivity contribution in [2.75, 3.05) is 22.3 Å². The summed E-state index contributed by atoms with van der Waals surface area (Å²) >= 11 is 1.45. The number of hydrogen-bond acceptors (Lipinski definition) is 7. The summed E-state index contributed by atoms with van der Waals surface area (Å²) in [6.45, 7) is 0.829. The molecule has 3 unspecified atom stereocenters. The van der Waals surface area contributed by atoms with E-state index in [1.807, 2.05) is 6.07 Å². The van der Waals surface area contributed by atoms with Gasteiger partial charge in [-0.1, -0.05) is 30.5 Å². The van der Waals surface area contributed by atoms with E-state index in [9.17, 15) is 18.5 Å². The number of amides is 1. The highest BCUT2D eigenvalue weighted by atomic mass is 32.2. The number of nitrogens with two attached hydrogens (primary N) is 1. The van der Waals surface area contributed by atoms with Crippen LogP contribution in [0.1, 0.15) is 24.8 Å². The van der Waals surface area contributed by atoms with Gasteiger partial charge in [0.15, 0.2) is 16.8 Å². The van der Waals surface area contributed by atoms with Gasteiger partial charge in [0.1, 0.15) is 17.1 Å². The van der Waals surface area contributed by atoms with Crippen LogP contribution in [0.3, 0.4) is 0 Å². The number of benzene rings is 2. The molecule has 3 atom stereocenters. The second-order valence-electron chi connectivity index (χ2n) is 8.69. The van der Waals surface area contributed by atoms with Crippen LogP contribution in [-0.4, -0.2) is 44.3 Å². The van der Waals surface area contributed by atoms with Crippen LogP contribution >= 0.6 is 11.9 Å². The second-order valence-corrected chi connectivity index (χ2v) is 10.7. The molecular weight excluding hydrogens is 489 g/mol. The van der Waals surface area contributed by atoms with Gasteiger partial charge in [-0.3, -0.25) is 4.79 Å². The average Bonchev–Trinajstić information content (AvgIpc) is 3.34. The molecule has 0 aromatic heterocycles. The minimum absolute atomic E-state index is 0.00368. The zero-order valence-corrected chi connectivity index (χ0v) is 20.5. The zero-order chi connectivity index (χ0) is 24.5. The van der Waals surface area contributed by atoms with Crippen LogP contribution in [-0.2, 0) is 22.3 Å². The normalized spacial score (nSPS) is 23.5. The largest absolute Gasteiger partial charge is 0.511 e. The van der Waals surface area contributed by atoms with E-state index in [-0.39, 0.29) is 40.9 Å². The SMILES string of the molecule is NCCSNc1ccc2c(c1)S(=O)N=C(C1=C(O)C3CCCC3N(Cc3ccc(F)cc3)C1=O)N2. The van der Waals surface area contributed by atoms with Crippen molar-refractivity contribution in [3.63, 3.8) is 0 Å². The predicted octanol–water partition coefficient (Wildman–Crippen LogP) is 3.71. The van der Waals surface area contributed by atoms with Gasteiger partial charge in [-0.25, -0.2) is 8.60 Å². The number of halogens is 1. The standard InChI is InChI=1S/C24H26FN5O3S2/c25-15-6-4-14(5-7-15)13-30-19-3-1-2-17(19)22(31)21(24(30)32)23-27-18-9-8-16(28-34-11-10-26)12-20(18)35(33)29-23/h4-9,12,17,19,28,31H,1-3,10-11,13,26H2,(H,27,29). The molecule has 1 amide bonds. The molecule has 1 fully saturated rings. The van der Waals surface area contributed by atoms with Crippen molar-refractivity contribution >= 4 is 46.1 Å². The molecule has 8 nitrogen and oxygen atoms in total. The Hall–Kier alpha value is -2.89. The first-order valence-electron chi connectivity index (χ1n) is 11.4. The Morgan fingerprint density at radius 3 is 2.83 bits per heavy atom. The van der Waals surface area contributed by atoms with Gasteiger partial charge in [-0.2, -0.15) is 4.40 Å². The van der Waals surface area contributed by atoms with Crippen molar-refractivity contribution < 1.29 is 18.5 Å². The molecule has 0 spiro atoms. The Morgan fingerprint density at radius 2 is 2.06 bits per heavy atom. The fourth-order valence-electron chi connectivity index (χ4n) is 4.84. The molecule has 2 aromatic carbocycles. The van der Waals surface area contributed by atoms with Crippen LogP contribution in [0.15, 0.2) is 63.1 Å². The summed E-state index contributed by atoms with van der Waals surface area (Å²) in [5, 5.41) is 14.2. The average molecular weight is 516 g/mol. The fourth-order valence-corrected chi connectivity index (χ4v) is 6.29. The number of carbonyl (C=O) groups excluding carboxylic acids is 1. The summed E-state index contributed by atoms with van der Waals surface area (Å²) in [4.78, 5) is 15.9. The van der Waals surface area contributed by atoms with Crippen LogP contribution in [0.5, 0.6) is 0 Å². The van der Waals surface area contributed by atoms with Gasteiger partial charge in [0.25, 0.3) is 5.91 Å². The zero-order valence-electron chi connectivity index (χ0n) is 18.9. The smallest absolute Gasteiger partial charge is 0.261 e. The lowest BCUT2D eigenvalue weighted by Crippen LogP contribution is -2.49. The number of anilines is 2. The summed E-state index contributed by atoms with van der Waals surface area (Å²) in [5.74, 6) is -0.102. The van der Waals surface area contributed by atoms with E-state index in [2.05, 4.69) is 14.4 Å². The van der Waals surface area contributed by atoms with Crippen LogP contribution in [0.25, 0.3) is 0 Å². The third-order valence-corrected chi connectivity index (χ3v) is 8.35. The minimum Gasteiger partial charge on any atom is -0.511 e. The third-order valence-electron chi connectivity index (χ3n) is 6.47. The van der Waals surface area contributed by atoms with Gasteiger partial charge in [-0.15, -0.1) is 0 Å². The summed E-state index contributed by atoms with van der Waals surface area (Å²) in [6.07, 6.45) is 2.41. The van der Waals surface area contributed by atoms with Crippen molar-refractivity contribution in [2.24, 2.45) is 16.0 Å². The Labute approximate surface area is 209 Å². The molecule has 1 aliphatic carbocycles. The van der Waals surface area contributed by atoms with Crippen molar-refractivity contribution in [2.45, 2.75) is 36.7 Å². The Balaban J connectivity index is 1.44. The van der Waals surface area contributed by atoms with Gasteiger partial charge >= 0.3 is 0 Å². The third kappa shape index (κ3) is 4.67. The lowest BCUT2D eigenvalue weighted by atomic mass is 9.89. The van der Waals surface area contributed by atoms with Gasteiger partial charge in [-0.05, 0) is 48.7 Å². The topological polar surface area (TPSA) is 120 Å². The Kier molecular flexibility index (Phi) is 6.81. The first-order valence-corrected chi connectivity index (χ1v) is 13.5. The first-order chi connectivity index (χ1) is 17.0. The molecule has 1 saturated carbocycles. The molecule has 0 radical (unpaired) electrons. The number of carbonyl (C=O) groups is 1. The second kappa shape index (κ2) is 10.00. The van der Waals surface area contributed by atoms with Gasteiger partial charge < -0.3 is 25.8 Å². The molecule has 184 valence electrons. The molecule has 5 rings (SSSR count). The molecule has 0 saturated heterocycles. The Morgan fingerprint density at radius 1 is 1.26 bits per heavy atom. The summed E-state index contributed by atoms with van der Waals surface area (Å²) < 4.78 is 33.8. The number of rotatable bonds is 7. The van der Waals surface area contributed by atoms with E-state index in [1.54, 1.807) is 29.2 Å². The number of aliphatic hydroxyl groups excluding tert-OH is 1. The molecule has 3 aliphatic rings. The van der Waals surface area contributed by atoms with Crippen molar-refractivity contribution in [3.05, 3.63) is 65.2 Å². The number of nitrogens with zero attached hydrogens (tertiary/aromatic N) is 2. The number of fused-ring (bicyclic) bond motifs is 2. The number of aliphatic hydroxyl groups is 1. The highest BCUT2D eigenvalue weighted by Crippen LogP contribution is 2.41. The molecule has 2 aromatic rings. The maximum Gasteiger partial charge on any atom is 0.261 e. The van der Waals surface area contributed by atoms with Crippen molar-refractivity contribution in [3.8, 4) is 0 Å². The van der Waals surface area contributed by atoms with Crippen molar-refractivity contribution in [1.29, 1.82) is 0 Å². The van der Waals surface area contributed by atoms with Gasteiger partial charge in [0, 0.05) is 36.5 Å². The molecule has 5 N–H and O–H groups in total. The molecule has 0 bridgehead atoms. The Bertz CT molecular complexity index is 1230. The number of hydrogen-bond donors (Lipinski definition) is 4. The fraction of sp³-hybridized carbons (Fsp3) is 0.333. The van der Waals surface area contributed by atoms with Crippen molar-refractivity contribution in [1.82, 2.24) is 4.90 Å². The molecular formula is C24H26FN5O3S2. The first kappa shape index (κ1) is 23.8. The quantitative estimate of drug-likeness (QED) is 0.328. The van der Waals surface area contributed by atoms with E-state index in [1.165, 1.54) is 24.1 Å². The monoisotopic (exact) mass is 515 g/mol. The number of nitrogens with one attached hydrogen (secondary N) is 2. The highest BCUT2D eigenvalue weighted by molar-refractivity contribution is 8.00. The molecule has 2 aliphatic heterocycles. The highest BCUT2D eigenvalue weighted by Gasteiger charge is 2.46. The maximum absolute atomic E-state index is 13.7. The van der Waals surface area contributed by atoms with E-state index >= 15 is 0 Å². The van der Waals surface area contributed by atoms with E-state index in [0.29, 0.717) is 23.7 Å². The maximum atomic E-state index is 13.7. The van der Waals surface area contributed by atoms with E-state index in [4.69, 9.17) is 5.73 Å². The van der Waals surface area contributed by atoms with Gasteiger partial charge in [0.05, 0.1) is 10.6 Å². The number of amidine groups is 1. The predicted molar refractivity (Wildman–Crippen MR) is 137 cm³/mol. The summed E-state index contributed by atoms with van der Waals surface area (Å²) in [5.41, 5.74) is 7.70. The van der Waals surface area contributed by atoms with Crippen LogP contribution in [0.2, 0.25) is 0 Å². The van der Waals surface area contributed by atoms with Crippen LogP contribution in [0, 0.1) is 11.7 Å². The van der Waals surface area contributed by atoms with Crippen LogP contribution in [0.4, 0.5) is 15.8 Å². The minimum atomic E-state index is -1.76.